The van der Waals surface area contributed by atoms with Crippen LogP contribution in [0.3, 0.4) is 0 Å². The van der Waals surface area contributed by atoms with Gasteiger partial charge in [-0.15, -0.1) is 0 Å². The van der Waals surface area contributed by atoms with Gasteiger partial charge in [0.05, 0.1) is 0 Å². The molecule has 0 atom stereocenters. The van der Waals surface area contributed by atoms with Crippen LogP contribution in [0.2, 0.25) is 6.04 Å². The van der Waals surface area contributed by atoms with Crippen molar-refractivity contribution < 1.29 is 132 Å². The summed E-state index contributed by atoms with van der Waals surface area (Å²) in [4.78, 5) is 0. The molecule has 31 heteroatoms. The minimum atomic E-state index is -9.79. The van der Waals surface area contributed by atoms with Gasteiger partial charge < -0.3 is 13.3 Å². The maximum atomic E-state index is 14.1. The Balaban J connectivity index is 7.35. The largest absolute Gasteiger partial charge is 0.500 e. The van der Waals surface area contributed by atoms with Crippen LogP contribution >= 0.6 is 0 Å². The summed E-state index contributed by atoms with van der Waals surface area (Å²) in [6.07, 6.45) is -11.3. The summed E-state index contributed by atoms with van der Waals surface area (Å²) in [5.41, 5.74) is 0. The molecule has 0 aromatic carbocycles. The summed E-state index contributed by atoms with van der Waals surface area (Å²) in [5, 5.41) is 0. The van der Waals surface area contributed by atoms with Crippen LogP contribution in [0.1, 0.15) is 6.42 Å². The Hall–Kier alpha value is -1.79. The van der Waals surface area contributed by atoms with Crippen molar-refractivity contribution in [2.45, 2.75) is 89.7 Å². The average molecular weight is 818 g/mol. The Bertz CT molecular complexity index is 1150. The molecule has 0 N–H and O–H groups in total. The smallest absolute Gasteiger partial charge is 0.377 e. The molecule has 0 aliphatic carbocycles. The van der Waals surface area contributed by atoms with Crippen LogP contribution < -0.4 is 0 Å². The van der Waals surface area contributed by atoms with Crippen molar-refractivity contribution in [3.63, 3.8) is 0 Å². The second-order valence-electron chi connectivity index (χ2n) is 9.32. The van der Waals surface area contributed by atoms with E-state index in [1.54, 1.807) is 0 Å². The standard InChI is InChI=1S/C18H13F27O3Si/c1-46-49(47-2,48-3)5-4-6(19,20)7(21,22)8(23,24)9(25,26)10(27,28)11(29,30)12(31,32)13(33,34)14(35,36)15(37,38)16(39,40)17(41,42)18(43,44)45/h4-5H2,1-3H3. The molecule has 0 saturated heterocycles. The molecule has 49 heavy (non-hydrogen) atoms. The first-order valence-corrected chi connectivity index (χ1v) is 13.1. The number of hydrogen-bond donors (Lipinski definition) is 0. The summed E-state index contributed by atoms with van der Waals surface area (Å²) in [5.74, 6) is -110. The average Bonchev–Trinajstić information content (AvgIpc) is 2.92. The molecule has 0 fully saturated rings. The molecule has 296 valence electrons. The summed E-state index contributed by atoms with van der Waals surface area (Å²) in [6, 6.07) is -1.90. The van der Waals surface area contributed by atoms with Gasteiger partial charge in [-0.25, -0.2) is 0 Å². The summed E-state index contributed by atoms with van der Waals surface area (Å²) >= 11 is 0. The van der Waals surface area contributed by atoms with Gasteiger partial charge in [0.25, 0.3) is 0 Å². The zero-order valence-electron chi connectivity index (χ0n) is 22.8. The van der Waals surface area contributed by atoms with Gasteiger partial charge in [-0.05, 0) is 0 Å². The van der Waals surface area contributed by atoms with Crippen LogP contribution in [-0.2, 0) is 13.3 Å². The summed E-state index contributed by atoms with van der Waals surface area (Å²) in [7, 11) is -3.23. The maximum Gasteiger partial charge on any atom is 0.500 e. The highest BCUT2D eigenvalue weighted by Gasteiger charge is 3.00. The first kappa shape index (κ1) is 47.2. The van der Waals surface area contributed by atoms with Crippen molar-refractivity contribution in [3.05, 3.63) is 0 Å². The van der Waals surface area contributed by atoms with E-state index in [4.69, 9.17) is 0 Å². The fourth-order valence-electron chi connectivity index (χ4n) is 3.21. The molecule has 0 aromatic heterocycles. The van der Waals surface area contributed by atoms with E-state index in [-0.39, 0.29) is 0 Å². The molecule has 0 rings (SSSR count). The summed E-state index contributed by atoms with van der Waals surface area (Å²) in [6.45, 7) is 0. The number of hydrogen-bond acceptors (Lipinski definition) is 3. The van der Waals surface area contributed by atoms with Crippen LogP contribution in [0.5, 0.6) is 0 Å². The molecule has 0 heterocycles. The van der Waals surface area contributed by atoms with Gasteiger partial charge in [0, 0.05) is 33.8 Å². The van der Waals surface area contributed by atoms with E-state index >= 15 is 0 Å². The molecule has 0 spiro atoms. The van der Waals surface area contributed by atoms with Crippen molar-refractivity contribution in [2.24, 2.45) is 0 Å². The SMILES string of the molecule is CO[Si](CCC(F)(F)C(F)(F)C(F)(F)C(F)(F)C(F)(F)C(F)(F)C(F)(F)C(F)(F)C(F)(F)C(F)(F)C(F)(F)C(F)(F)C(F)(F)F)(OC)OC. The molecule has 0 radical (unpaired) electrons. The second-order valence-corrected chi connectivity index (χ2v) is 12.4. The predicted octanol–water partition coefficient (Wildman–Crippen LogP) is 9.44. The van der Waals surface area contributed by atoms with Gasteiger partial charge >= 0.3 is 86.1 Å². The Labute approximate surface area is 253 Å². The highest BCUT2D eigenvalue weighted by atomic mass is 28.4. The Morgan fingerprint density at radius 2 is 0.490 bits per heavy atom. The summed E-state index contributed by atoms with van der Waals surface area (Å²) < 4.78 is 378. The van der Waals surface area contributed by atoms with E-state index < -0.39 is 98.5 Å². The van der Waals surface area contributed by atoms with Crippen LogP contribution in [0.25, 0.3) is 0 Å². The van der Waals surface area contributed by atoms with Gasteiger partial charge in [-0.3, -0.25) is 0 Å². The minimum Gasteiger partial charge on any atom is -0.377 e. The van der Waals surface area contributed by atoms with Crippen LogP contribution in [0, 0.1) is 0 Å². The quantitative estimate of drug-likeness (QED) is 0.108. The lowest BCUT2D eigenvalue weighted by atomic mass is 9.84. The van der Waals surface area contributed by atoms with E-state index in [0.29, 0.717) is 21.3 Å². The Morgan fingerprint density at radius 3 is 0.673 bits per heavy atom. The van der Waals surface area contributed by atoms with Gasteiger partial charge in [-0.1, -0.05) is 0 Å². The van der Waals surface area contributed by atoms with Crippen LogP contribution in [-0.4, -0.2) is 107 Å². The normalized spacial score (nSPS) is 16.8. The Morgan fingerprint density at radius 1 is 0.306 bits per heavy atom. The third-order valence-corrected chi connectivity index (χ3v) is 9.17. The predicted molar refractivity (Wildman–Crippen MR) is 102 cm³/mol. The van der Waals surface area contributed by atoms with E-state index in [1.807, 2.05) is 0 Å². The van der Waals surface area contributed by atoms with E-state index in [2.05, 4.69) is 13.3 Å². The molecule has 3 nitrogen and oxygen atoms in total. The molecule has 0 saturated carbocycles. The zero-order valence-corrected chi connectivity index (χ0v) is 23.8. The molecular formula is C18H13F27O3Si. The third-order valence-electron chi connectivity index (χ3n) is 6.44. The van der Waals surface area contributed by atoms with Crippen molar-refractivity contribution in [1.82, 2.24) is 0 Å². The van der Waals surface area contributed by atoms with E-state index in [0.717, 1.165) is 0 Å². The lowest BCUT2D eigenvalue weighted by Gasteiger charge is -2.46. The topological polar surface area (TPSA) is 27.7 Å². The van der Waals surface area contributed by atoms with E-state index in [9.17, 15) is 119 Å². The van der Waals surface area contributed by atoms with Crippen molar-refractivity contribution in [3.8, 4) is 0 Å². The van der Waals surface area contributed by atoms with Gasteiger partial charge in [0.2, 0.25) is 0 Å². The molecular weight excluding hydrogens is 805 g/mol. The third kappa shape index (κ3) is 6.05. The fraction of sp³-hybridized carbons (Fsp3) is 1.00. The Kier molecular flexibility index (Phi) is 12.0. The fourth-order valence-corrected chi connectivity index (χ4v) is 4.94. The van der Waals surface area contributed by atoms with Crippen LogP contribution in [0.15, 0.2) is 0 Å². The van der Waals surface area contributed by atoms with Gasteiger partial charge in [-0.2, -0.15) is 119 Å². The van der Waals surface area contributed by atoms with Crippen molar-refractivity contribution in [1.29, 1.82) is 0 Å². The lowest BCUT2D eigenvalue weighted by molar-refractivity contribution is -0.485. The van der Waals surface area contributed by atoms with Gasteiger partial charge in [0.1, 0.15) is 0 Å². The second kappa shape index (κ2) is 12.4. The highest BCUT2D eigenvalue weighted by Crippen LogP contribution is 2.68. The number of rotatable bonds is 17. The van der Waals surface area contributed by atoms with E-state index in [1.165, 1.54) is 0 Å². The first-order chi connectivity index (χ1) is 20.9. The molecule has 0 aromatic rings. The van der Waals surface area contributed by atoms with Crippen molar-refractivity contribution in [2.75, 3.05) is 21.3 Å². The number of halogens is 27. The first-order valence-electron chi connectivity index (χ1n) is 11.1. The monoisotopic (exact) mass is 818 g/mol. The molecule has 0 aliphatic rings. The lowest BCUT2D eigenvalue weighted by Crippen LogP contribution is -2.78. The molecule has 0 bridgehead atoms. The van der Waals surface area contributed by atoms with Gasteiger partial charge in [0.15, 0.2) is 0 Å². The van der Waals surface area contributed by atoms with Crippen LogP contribution in [0.4, 0.5) is 119 Å². The highest BCUT2D eigenvalue weighted by molar-refractivity contribution is 6.60. The van der Waals surface area contributed by atoms with Crippen molar-refractivity contribution >= 4 is 8.80 Å². The molecule has 0 unspecified atom stereocenters. The molecule has 0 aliphatic heterocycles. The number of alkyl halides is 27. The zero-order chi connectivity index (χ0) is 40.5. The minimum absolute atomic E-state index is 0.485. The molecule has 0 amide bonds. The maximum absolute atomic E-state index is 14.1.